The molecule has 2 aromatic carbocycles. The zero-order valence-electron chi connectivity index (χ0n) is 27.5. The third-order valence-corrected chi connectivity index (χ3v) is 6.68. The SMILES string of the molecule is CC(=O)c1c(-c2ccc(F)cc2)nc2occn12.CN(C)C=CC(=O)c1c(-c2ccc(F)cc2)nc2occn12.COC(OC)N(C)C. The standard InChI is InChI=1S/C16H14FN3O2.C13H9FN2O2.C5H13NO2/c1-19(2)8-7-13(21)15-14(11-3-5-12(17)6-4-11)18-16-20(15)9-10-22-16;1-8(17)12-11(9-2-4-10(14)5-3-9)15-13-16(12)6-7-18-13;1-6(2)5(7-3)8-4/h3-10H,1-2H3;2-7H,1H3;5H,1-4H3. The van der Waals surface area contributed by atoms with Crippen molar-refractivity contribution in [2.75, 3.05) is 42.4 Å². The molecule has 48 heavy (non-hydrogen) atoms. The number of ether oxygens (including phenoxy) is 2. The van der Waals surface area contributed by atoms with Crippen LogP contribution < -0.4 is 0 Å². The van der Waals surface area contributed by atoms with Gasteiger partial charge in [-0.3, -0.25) is 23.3 Å². The van der Waals surface area contributed by atoms with Crippen LogP contribution >= 0.6 is 0 Å². The molecule has 0 aliphatic heterocycles. The van der Waals surface area contributed by atoms with E-state index in [1.54, 1.807) is 70.8 Å². The minimum Gasteiger partial charge on any atom is -0.432 e. The predicted octanol–water partition coefficient (Wildman–Crippen LogP) is 6.05. The quantitative estimate of drug-likeness (QED) is 0.103. The first kappa shape index (κ1) is 35.4. The van der Waals surface area contributed by atoms with Gasteiger partial charge in [-0.1, -0.05) is 0 Å². The molecule has 0 unspecified atom stereocenters. The number of benzene rings is 2. The van der Waals surface area contributed by atoms with E-state index in [9.17, 15) is 18.4 Å². The monoisotopic (exact) mass is 662 g/mol. The van der Waals surface area contributed by atoms with Gasteiger partial charge in [-0.2, -0.15) is 9.97 Å². The molecule has 0 fully saturated rings. The number of hydrogen-bond donors (Lipinski definition) is 0. The maximum Gasteiger partial charge on any atom is 0.306 e. The first-order valence-corrected chi connectivity index (χ1v) is 14.5. The van der Waals surface area contributed by atoms with Gasteiger partial charge in [0, 0.05) is 71.0 Å². The van der Waals surface area contributed by atoms with Gasteiger partial charge in [0.2, 0.25) is 12.2 Å². The van der Waals surface area contributed by atoms with Crippen LogP contribution in [0.25, 0.3) is 34.2 Å². The number of imidazole rings is 2. The van der Waals surface area contributed by atoms with Crippen molar-refractivity contribution in [1.29, 1.82) is 0 Å². The van der Waals surface area contributed by atoms with E-state index in [2.05, 4.69) is 9.97 Å². The van der Waals surface area contributed by atoms with E-state index in [4.69, 9.17) is 18.3 Å². The second kappa shape index (κ2) is 15.9. The number of oxazole rings is 2. The van der Waals surface area contributed by atoms with E-state index in [-0.39, 0.29) is 29.6 Å². The number of aromatic nitrogens is 4. The Balaban J connectivity index is 0.000000180. The number of carbonyl (C=O) groups excluding carboxylic acids is 2. The number of rotatable bonds is 9. The van der Waals surface area contributed by atoms with Gasteiger partial charge >= 0.3 is 11.7 Å². The number of ketones is 2. The molecule has 0 N–H and O–H groups in total. The molecule has 4 aromatic heterocycles. The van der Waals surface area contributed by atoms with Crippen LogP contribution in [0.5, 0.6) is 0 Å². The first-order chi connectivity index (χ1) is 22.9. The molecule has 0 amide bonds. The lowest BCUT2D eigenvalue weighted by Crippen LogP contribution is -2.30. The molecule has 0 saturated heterocycles. The molecule has 252 valence electrons. The molecule has 0 atom stereocenters. The molecule has 0 bridgehead atoms. The van der Waals surface area contributed by atoms with Crippen LogP contribution in [0.1, 0.15) is 27.9 Å². The molecule has 0 aliphatic carbocycles. The zero-order chi connectivity index (χ0) is 35.0. The van der Waals surface area contributed by atoms with Crippen LogP contribution in [-0.4, -0.2) is 89.0 Å². The fourth-order valence-corrected chi connectivity index (χ4v) is 4.57. The van der Waals surface area contributed by atoms with Crippen molar-refractivity contribution in [2.24, 2.45) is 0 Å². The van der Waals surface area contributed by atoms with Crippen molar-refractivity contribution >= 4 is 23.3 Å². The van der Waals surface area contributed by atoms with Crippen LogP contribution in [0.3, 0.4) is 0 Å². The molecule has 12 nitrogen and oxygen atoms in total. The summed E-state index contributed by atoms with van der Waals surface area (Å²) in [5, 5.41) is 0. The highest BCUT2D eigenvalue weighted by Crippen LogP contribution is 2.27. The Morgan fingerprint density at radius 1 is 0.771 bits per heavy atom. The third kappa shape index (κ3) is 8.28. The average Bonchev–Trinajstić information content (AvgIpc) is 3.83. The van der Waals surface area contributed by atoms with Gasteiger partial charge in [-0.15, -0.1) is 0 Å². The van der Waals surface area contributed by atoms with Crippen molar-refractivity contribution < 1.29 is 36.7 Å². The lowest BCUT2D eigenvalue weighted by Gasteiger charge is -2.19. The minimum absolute atomic E-state index is 0.122. The van der Waals surface area contributed by atoms with Crippen molar-refractivity contribution in [3.8, 4) is 22.5 Å². The Bertz CT molecular complexity index is 1980. The number of hydrogen-bond acceptors (Lipinski definition) is 10. The summed E-state index contributed by atoms with van der Waals surface area (Å²) >= 11 is 0. The van der Waals surface area contributed by atoms with Gasteiger partial charge < -0.3 is 23.2 Å². The van der Waals surface area contributed by atoms with Crippen molar-refractivity contribution in [3.63, 3.8) is 0 Å². The number of nitrogens with zero attached hydrogens (tertiary/aromatic N) is 6. The fraction of sp³-hybridized carbons (Fsp3) is 0.235. The summed E-state index contributed by atoms with van der Waals surface area (Å²) in [4.78, 5) is 36.4. The van der Waals surface area contributed by atoms with E-state index in [0.29, 0.717) is 45.6 Å². The molecular weight excluding hydrogens is 626 g/mol. The Hall–Kier alpha value is -5.44. The van der Waals surface area contributed by atoms with Crippen LogP contribution in [0.2, 0.25) is 0 Å². The molecule has 0 aliphatic rings. The summed E-state index contributed by atoms with van der Waals surface area (Å²) in [6, 6.07) is 11.7. The molecule has 6 rings (SSSR count). The Labute approximate surface area is 275 Å². The molecular formula is C34H36F2N6O6. The maximum atomic E-state index is 13.1. The first-order valence-electron chi connectivity index (χ1n) is 14.5. The molecule has 14 heteroatoms. The van der Waals surface area contributed by atoms with Crippen molar-refractivity contribution in [1.82, 2.24) is 28.6 Å². The summed E-state index contributed by atoms with van der Waals surface area (Å²) < 4.78 is 49.3. The van der Waals surface area contributed by atoms with Crippen LogP contribution in [-0.2, 0) is 9.47 Å². The van der Waals surface area contributed by atoms with Gasteiger partial charge in [-0.05, 0) is 62.6 Å². The molecule has 6 aromatic rings. The van der Waals surface area contributed by atoms with E-state index in [0.717, 1.165) is 0 Å². The van der Waals surface area contributed by atoms with Gasteiger partial charge in [0.05, 0.1) is 0 Å². The average molecular weight is 663 g/mol. The summed E-state index contributed by atoms with van der Waals surface area (Å²) in [7, 11) is 10.6. The second-order valence-corrected chi connectivity index (χ2v) is 10.7. The van der Waals surface area contributed by atoms with Gasteiger partial charge in [0.1, 0.15) is 46.9 Å². The lowest BCUT2D eigenvalue weighted by molar-refractivity contribution is -0.179. The summed E-state index contributed by atoms with van der Waals surface area (Å²) in [5.74, 6) is -0.330. The third-order valence-electron chi connectivity index (χ3n) is 6.68. The number of allylic oxidation sites excluding steroid dienone is 1. The smallest absolute Gasteiger partial charge is 0.306 e. The molecule has 0 saturated carbocycles. The van der Waals surface area contributed by atoms with Crippen LogP contribution in [0, 0.1) is 11.6 Å². The minimum atomic E-state index is -0.341. The predicted molar refractivity (Wildman–Crippen MR) is 174 cm³/mol. The van der Waals surface area contributed by atoms with E-state index in [1.807, 2.05) is 33.1 Å². The van der Waals surface area contributed by atoms with E-state index >= 15 is 0 Å². The van der Waals surface area contributed by atoms with E-state index in [1.165, 1.54) is 49.8 Å². The summed E-state index contributed by atoms with van der Waals surface area (Å²) in [5.41, 5.74) is 3.12. The van der Waals surface area contributed by atoms with Gasteiger partial charge in [-0.25, -0.2) is 8.78 Å². The topological polar surface area (TPSA) is 120 Å². The number of fused-ring (bicyclic) bond motifs is 2. The van der Waals surface area contributed by atoms with Crippen LogP contribution in [0.15, 0.2) is 94.6 Å². The fourth-order valence-electron chi connectivity index (χ4n) is 4.57. The van der Waals surface area contributed by atoms with Crippen molar-refractivity contribution in [3.05, 3.63) is 109 Å². The number of halogens is 2. The normalized spacial score (nSPS) is 11.2. The number of Topliss-reactive ketones (excluding diaryl/α,β-unsaturated/α-hetero) is 1. The highest BCUT2D eigenvalue weighted by atomic mass is 19.1. The Morgan fingerprint density at radius 2 is 1.21 bits per heavy atom. The van der Waals surface area contributed by atoms with E-state index < -0.39 is 0 Å². The zero-order valence-corrected chi connectivity index (χ0v) is 27.5. The second-order valence-electron chi connectivity index (χ2n) is 10.7. The lowest BCUT2D eigenvalue weighted by atomic mass is 10.1. The highest BCUT2D eigenvalue weighted by molar-refractivity contribution is 6.08. The van der Waals surface area contributed by atoms with Gasteiger partial charge in [0.25, 0.3) is 0 Å². The highest BCUT2D eigenvalue weighted by Gasteiger charge is 2.21. The number of carbonyl (C=O) groups is 2. The molecule has 0 radical (unpaired) electrons. The number of methoxy groups -OCH3 is 2. The Kier molecular flexibility index (Phi) is 11.7. The molecule has 0 spiro atoms. The summed E-state index contributed by atoms with van der Waals surface area (Å²) in [6.45, 7) is 1.46. The molecule has 4 heterocycles. The largest absolute Gasteiger partial charge is 0.432 e. The van der Waals surface area contributed by atoms with Crippen LogP contribution in [0.4, 0.5) is 8.78 Å². The van der Waals surface area contributed by atoms with Crippen molar-refractivity contribution in [2.45, 2.75) is 13.3 Å². The summed E-state index contributed by atoms with van der Waals surface area (Å²) in [6.07, 6.45) is 9.10. The Morgan fingerprint density at radius 3 is 1.58 bits per heavy atom. The maximum absolute atomic E-state index is 13.1. The van der Waals surface area contributed by atoms with Gasteiger partial charge in [0.15, 0.2) is 5.78 Å².